The lowest BCUT2D eigenvalue weighted by Crippen LogP contribution is -2.46. The topological polar surface area (TPSA) is 103 Å². The molecule has 2 N–H and O–H groups in total. The molecule has 1 aliphatic heterocycles. The number of H-pyrrole nitrogens is 1. The van der Waals surface area contributed by atoms with Crippen LogP contribution in [-0.2, 0) is 6.54 Å². The number of rotatable bonds is 5. The van der Waals surface area contributed by atoms with Crippen molar-refractivity contribution in [1.29, 1.82) is 0 Å². The Morgan fingerprint density at radius 1 is 1.23 bits per heavy atom. The van der Waals surface area contributed by atoms with Crippen LogP contribution in [0.15, 0.2) is 41.5 Å². The van der Waals surface area contributed by atoms with E-state index in [-0.39, 0.29) is 17.2 Å². The highest BCUT2D eigenvalue weighted by atomic mass is 16.5. The zero-order chi connectivity index (χ0) is 21.5. The molecule has 0 unspecified atom stereocenters. The van der Waals surface area contributed by atoms with E-state index in [0.717, 1.165) is 42.8 Å². The van der Waals surface area contributed by atoms with Crippen LogP contribution in [0, 0.1) is 0 Å². The minimum atomic E-state index is -0.249. The second-order valence-electron chi connectivity index (χ2n) is 7.96. The molecule has 1 aliphatic carbocycles. The fraction of sp³-hybridized carbons (Fsp3) is 0.364. The summed E-state index contributed by atoms with van der Waals surface area (Å²) in [5.74, 6) is 0.0898. The Morgan fingerprint density at radius 2 is 2.10 bits per heavy atom. The number of carbonyl (C=O) groups is 1. The summed E-state index contributed by atoms with van der Waals surface area (Å²) < 4.78 is 5.07. The zero-order valence-corrected chi connectivity index (χ0v) is 17.5. The quantitative estimate of drug-likeness (QED) is 0.638. The maximum Gasteiger partial charge on any atom is 0.290 e. The SMILES string of the molecule is CNC(=O)c1ccc(N2CCN(Cc3cnc4cc(OC)c(=O)[nH]c4c3)[C@H]3C[C@H]32)cn1. The summed E-state index contributed by atoms with van der Waals surface area (Å²) in [7, 11) is 3.08. The molecule has 9 heteroatoms. The third-order valence-corrected chi connectivity index (χ3v) is 6.08. The Morgan fingerprint density at radius 3 is 2.84 bits per heavy atom. The summed E-state index contributed by atoms with van der Waals surface area (Å²) in [4.78, 5) is 40.2. The van der Waals surface area contributed by atoms with E-state index in [4.69, 9.17) is 4.74 Å². The molecule has 2 atom stereocenters. The monoisotopic (exact) mass is 420 g/mol. The number of carbonyl (C=O) groups excluding carboxylic acids is 1. The van der Waals surface area contributed by atoms with Crippen molar-refractivity contribution in [3.8, 4) is 5.75 Å². The molecule has 2 fully saturated rings. The van der Waals surface area contributed by atoms with E-state index in [1.165, 1.54) is 7.11 Å². The molecule has 0 aromatic carbocycles. The molecule has 160 valence electrons. The van der Waals surface area contributed by atoms with Crippen molar-refractivity contribution < 1.29 is 9.53 Å². The lowest BCUT2D eigenvalue weighted by atomic mass is 10.2. The van der Waals surface area contributed by atoms with Crippen LogP contribution in [0.2, 0.25) is 0 Å². The number of nitrogens with one attached hydrogen (secondary N) is 2. The van der Waals surface area contributed by atoms with Crippen LogP contribution in [-0.4, -0.2) is 65.1 Å². The van der Waals surface area contributed by atoms with E-state index in [0.29, 0.717) is 23.3 Å². The van der Waals surface area contributed by atoms with Gasteiger partial charge in [-0.25, -0.2) is 4.98 Å². The van der Waals surface area contributed by atoms with Crippen molar-refractivity contribution >= 4 is 22.6 Å². The van der Waals surface area contributed by atoms with Gasteiger partial charge in [-0.05, 0) is 30.2 Å². The standard InChI is InChI=1S/C22H24N6O3/c1-23-21(29)15-4-3-14(11-25-15)28-6-5-27(18-9-19(18)28)12-13-7-17-16(24-10-13)8-20(31-2)22(30)26-17/h3-4,7-8,10-11,18-19H,5-6,9,12H2,1-2H3,(H,23,29)(H,26,30)/t18-,19+/m0/s1. The number of piperazine rings is 1. The average Bonchev–Trinajstić information content (AvgIpc) is 3.60. The second kappa shape index (κ2) is 7.66. The number of aromatic nitrogens is 3. The Bertz CT molecular complexity index is 1190. The molecule has 1 saturated carbocycles. The number of ether oxygens (including phenoxy) is 1. The molecular formula is C22H24N6O3. The minimum absolute atomic E-state index is 0.176. The molecule has 3 aromatic rings. The molecule has 0 radical (unpaired) electrons. The summed E-state index contributed by atoms with van der Waals surface area (Å²) in [6.45, 7) is 2.62. The molecule has 0 bridgehead atoms. The highest BCUT2D eigenvalue weighted by molar-refractivity contribution is 5.92. The molecule has 9 nitrogen and oxygen atoms in total. The van der Waals surface area contributed by atoms with Gasteiger partial charge in [0, 0.05) is 51.0 Å². The van der Waals surface area contributed by atoms with Crippen molar-refractivity contribution in [1.82, 2.24) is 25.2 Å². The van der Waals surface area contributed by atoms with Gasteiger partial charge in [-0.3, -0.25) is 19.5 Å². The Kier molecular flexibility index (Phi) is 4.82. The fourth-order valence-corrected chi connectivity index (χ4v) is 4.38. The summed E-state index contributed by atoms with van der Waals surface area (Å²) in [5, 5.41) is 2.59. The van der Waals surface area contributed by atoms with E-state index in [1.54, 1.807) is 25.4 Å². The van der Waals surface area contributed by atoms with Crippen LogP contribution in [0.5, 0.6) is 5.75 Å². The minimum Gasteiger partial charge on any atom is -0.491 e. The van der Waals surface area contributed by atoms with E-state index < -0.39 is 0 Å². The number of anilines is 1. The highest BCUT2D eigenvalue weighted by Crippen LogP contribution is 2.40. The van der Waals surface area contributed by atoms with Crippen molar-refractivity contribution in [2.24, 2.45) is 0 Å². The van der Waals surface area contributed by atoms with Crippen molar-refractivity contribution in [3.63, 3.8) is 0 Å². The summed E-state index contributed by atoms with van der Waals surface area (Å²) in [6.07, 6.45) is 4.75. The van der Waals surface area contributed by atoms with E-state index in [9.17, 15) is 9.59 Å². The molecule has 1 saturated heterocycles. The number of aromatic amines is 1. The predicted octanol–water partition coefficient (Wildman–Crippen LogP) is 1.15. The second-order valence-corrected chi connectivity index (χ2v) is 7.96. The van der Waals surface area contributed by atoms with Gasteiger partial charge in [0.1, 0.15) is 5.69 Å². The first kappa shape index (κ1) is 19.5. The van der Waals surface area contributed by atoms with E-state index in [1.807, 2.05) is 18.3 Å². The average molecular weight is 420 g/mol. The lowest BCUT2D eigenvalue weighted by Gasteiger charge is -2.35. The Balaban J connectivity index is 1.27. The first-order chi connectivity index (χ1) is 15.1. The predicted molar refractivity (Wildman–Crippen MR) is 116 cm³/mol. The first-order valence-corrected chi connectivity index (χ1v) is 10.3. The van der Waals surface area contributed by atoms with Gasteiger partial charge in [-0.1, -0.05) is 0 Å². The summed E-state index contributed by atoms with van der Waals surface area (Å²) in [6, 6.07) is 8.34. The van der Waals surface area contributed by atoms with Crippen LogP contribution in [0.4, 0.5) is 5.69 Å². The van der Waals surface area contributed by atoms with Crippen LogP contribution in [0.25, 0.3) is 11.0 Å². The van der Waals surface area contributed by atoms with Gasteiger partial charge in [0.2, 0.25) is 0 Å². The number of hydrogen-bond donors (Lipinski definition) is 2. The maximum absolute atomic E-state index is 12.0. The van der Waals surface area contributed by atoms with E-state index in [2.05, 4.69) is 30.1 Å². The van der Waals surface area contributed by atoms with Crippen LogP contribution in [0.3, 0.4) is 0 Å². The van der Waals surface area contributed by atoms with Crippen molar-refractivity contribution in [2.75, 3.05) is 32.1 Å². The zero-order valence-electron chi connectivity index (χ0n) is 17.5. The lowest BCUT2D eigenvalue weighted by molar-refractivity contribution is 0.0958. The molecule has 31 heavy (non-hydrogen) atoms. The molecular weight excluding hydrogens is 396 g/mol. The number of amides is 1. The maximum atomic E-state index is 12.0. The van der Waals surface area contributed by atoms with Crippen LogP contribution < -0.4 is 20.5 Å². The van der Waals surface area contributed by atoms with Gasteiger partial charge in [-0.15, -0.1) is 0 Å². The van der Waals surface area contributed by atoms with Gasteiger partial charge < -0.3 is 19.9 Å². The molecule has 3 aromatic heterocycles. The molecule has 0 spiro atoms. The van der Waals surface area contributed by atoms with Gasteiger partial charge in [0.15, 0.2) is 5.75 Å². The smallest absolute Gasteiger partial charge is 0.290 e. The number of fused-ring (bicyclic) bond motifs is 2. The van der Waals surface area contributed by atoms with Gasteiger partial charge in [-0.2, -0.15) is 0 Å². The van der Waals surface area contributed by atoms with E-state index >= 15 is 0 Å². The molecule has 1 amide bonds. The van der Waals surface area contributed by atoms with Gasteiger partial charge in [0.05, 0.1) is 30.0 Å². The molecule has 4 heterocycles. The fourth-order valence-electron chi connectivity index (χ4n) is 4.38. The van der Waals surface area contributed by atoms with Gasteiger partial charge in [0.25, 0.3) is 11.5 Å². The van der Waals surface area contributed by atoms with Crippen LogP contribution >= 0.6 is 0 Å². The van der Waals surface area contributed by atoms with Crippen molar-refractivity contribution in [3.05, 3.63) is 58.3 Å². The number of nitrogens with zero attached hydrogens (tertiary/aromatic N) is 4. The first-order valence-electron chi connectivity index (χ1n) is 10.3. The summed E-state index contributed by atoms with van der Waals surface area (Å²) in [5.41, 5.74) is 3.74. The largest absolute Gasteiger partial charge is 0.491 e. The van der Waals surface area contributed by atoms with Crippen molar-refractivity contribution in [2.45, 2.75) is 25.0 Å². The number of pyridine rings is 3. The highest BCUT2D eigenvalue weighted by Gasteiger charge is 2.48. The molecule has 5 rings (SSSR count). The van der Waals surface area contributed by atoms with Crippen LogP contribution in [0.1, 0.15) is 22.5 Å². The third kappa shape index (κ3) is 3.61. The Hall–Kier alpha value is -3.46. The Labute approximate surface area is 179 Å². The number of hydrogen-bond acceptors (Lipinski definition) is 7. The number of methoxy groups -OCH3 is 1. The molecule has 2 aliphatic rings. The normalized spacial score (nSPS) is 20.4. The summed E-state index contributed by atoms with van der Waals surface area (Å²) >= 11 is 0. The third-order valence-electron chi connectivity index (χ3n) is 6.08. The van der Waals surface area contributed by atoms with Gasteiger partial charge >= 0.3 is 0 Å².